The molecule has 30 heavy (non-hydrogen) atoms. The van der Waals surface area contributed by atoms with E-state index in [0.29, 0.717) is 30.1 Å². The highest BCUT2D eigenvalue weighted by Crippen LogP contribution is 2.42. The number of allylic oxidation sites excluding steroid dienone is 2. The van der Waals surface area contributed by atoms with Gasteiger partial charge in [0.05, 0.1) is 24.1 Å². The minimum absolute atomic E-state index is 0.161. The van der Waals surface area contributed by atoms with Gasteiger partial charge in [-0.05, 0) is 23.8 Å². The Morgan fingerprint density at radius 2 is 2.20 bits per heavy atom. The molecule has 1 amide bonds. The topological polar surface area (TPSA) is 89.4 Å². The van der Waals surface area contributed by atoms with Crippen molar-refractivity contribution in [1.82, 2.24) is 20.1 Å². The zero-order valence-corrected chi connectivity index (χ0v) is 16.7. The molecular weight excluding hydrogens is 402 g/mol. The fourth-order valence-corrected chi connectivity index (χ4v) is 4.52. The van der Waals surface area contributed by atoms with E-state index in [0.717, 1.165) is 33.4 Å². The lowest BCUT2D eigenvalue weighted by molar-refractivity contribution is 0.0949. The first-order chi connectivity index (χ1) is 14.5. The Morgan fingerprint density at radius 3 is 3.03 bits per heavy atom. The van der Waals surface area contributed by atoms with Gasteiger partial charge in [-0.15, -0.1) is 0 Å². The normalized spacial score (nSPS) is 15.1. The van der Waals surface area contributed by atoms with Crippen LogP contribution in [-0.2, 0) is 6.42 Å². The zero-order chi connectivity index (χ0) is 20.8. The number of anilines is 2. The Balaban J connectivity index is 1.54. The molecule has 2 aliphatic rings. The molecule has 0 saturated heterocycles. The molecule has 3 aromatic rings. The summed E-state index contributed by atoms with van der Waals surface area (Å²) in [5.74, 6) is 0.283. The second kappa shape index (κ2) is 6.96. The van der Waals surface area contributed by atoms with E-state index < -0.39 is 0 Å². The summed E-state index contributed by atoms with van der Waals surface area (Å²) in [6, 6.07) is 5.80. The number of nitrogens with zero attached hydrogens (tertiary/aromatic N) is 4. The van der Waals surface area contributed by atoms with Crippen molar-refractivity contribution in [3.8, 4) is 16.9 Å². The van der Waals surface area contributed by atoms with Gasteiger partial charge in [0, 0.05) is 23.9 Å². The van der Waals surface area contributed by atoms with Crippen molar-refractivity contribution in [3.05, 3.63) is 66.1 Å². The predicted octanol–water partition coefficient (Wildman–Crippen LogP) is 3.16. The molecule has 150 valence electrons. The van der Waals surface area contributed by atoms with Gasteiger partial charge in [0.1, 0.15) is 17.2 Å². The molecule has 0 bridgehead atoms. The third-order valence-corrected chi connectivity index (χ3v) is 6.05. The Morgan fingerprint density at radius 1 is 1.33 bits per heavy atom. The van der Waals surface area contributed by atoms with E-state index in [2.05, 4.69) is 28.5 Å². The second-order valence-electron chi connectivity index (χ2n) is 6.91. The fraction of sp³-hybridized carbons (Fsp3) is 0.143. The zero-order valence-electron chi connectivity index (χ0n) is 15.9. The van der Waals surface area contributed by atoms with Crippen LogP contribution in [0.4, 0.5) is 10.8 Å². The first kappa shape index (κ1) is 18.3. The maximum Gasteiger partial charge on any atom is 0.270 e. The van der Waals surface area contributed by atoms with Crippen LogP contribution in [0.2, 0.25) is 0 Å². The average molecular weight is 419 g/mol. The van der Waals surface area contributed by atoms with E-state index in [4.69, 9.17) is 9.72 Å². The summed E-state index contributed by atoms with van der Waals surface area (Å²) in [4.78, 5) is 31.4. The van der Waals surface area contributed by atoms with Crippen LogP contribution < -0.4 is 15.0 Å². The Labute approximate surface area is 176 Å². The molecule has 0 fully saturated rings. The van der Waals surface area contributed by atoms with E-state index >= 15 is 0 Å². The van der Waals surface area contributed by atoms with Crippen molar-refractivity contribution in [3.63, 3.8) is 0 Å². The Hall–Kier alpha value is -3.72. The van der Waals surface area contributed by atoms with Gasteiger partial charge in [-0.2, -0.15) is 5.10 Å². The molecule has 0 aliphatic carbocycles. The standard InChI is InChI=1S/C21H17N5O3S/c1-3-18(27)26-11-14(10-22-26)13-4-5-17-16(9-13)25(6-7-29-17)21-24-15-8-12(2)23-20(28)19(15)30-21/h3-5,9-11H,1-2,6-8H2,(H,23,28). The molecule has 0 spiro atoms. The molecule has 2 aliphatic heterocycles. The van der Waals surface area contributed by atoms with Crippen LogP contribution in [-0.4, -0.2) is 39.7 Å². The van der Waals surface area contributed by atoms with Crippen molar-refractivity contribution in [2.75, 3.05) is 18.1 Å². The van der Waals surface area contributed by atoms with Crippen LogP contribution >= 0.6 is 11.3 Å². The highest BCUT2D eigenvalue weighted by atomic mass is 32.1. The fourth-order valence-electron chi connectivity index (χ4n) is 3.50. The number of carbonyl (C=O) groups excluding carboxylic acids is 2. The van der Waals surface area contributed by atoms with Crippen molar-refractivity contribution >= 4 is 34.0 Å². The number of fused-ring (bicyclic) bond motifs is 2. The van der Waals surface area contributed by atoms with Gasteiger partial charge in [0.15, 0.2) is 5.13 Å². The number of hydrogen-bond acceptors (Lipinski definition) is 7. The molecule has 1 aromatic carbocycles. The predicted molar refractivity (Wildman–Crippen MR) is 113 cm³/mol. The van der Waals surface area contributed by atoms with Crippen LogP contribution in [0.3, 0.4) is 0 Å². The molecule has 0 radical (unpaired) electrons. The molecular formula is C21H17N5O3S. The second-order valence-corrected chi connectivity index (χ2v) is 7.88. The van der Waals surface area contributed by atoms with E-state index in [1.165, 1.54) is 22.1 Å². The summed E-state index contributed by atoms with van der Waals surface area (Å²) >= 11 is 1.36. The number of benzene rings is 1. The summed E-state index contributed by atoms with van der Waals surface area (Å²) in [5.41, 5.74) is 3.94. The molecule has 9 heteroatoms. The molecule has 5 rings (SSSR count). The highest BCUT2D eigenvalue weighted by molar-refractivity contribution is 7.17. The van der Waals surface area contributed by atoms with Crippen LogP contribution in [0.5, 0.6) is 5.75 Å². The lowest BCUT2D eigenvalue weighted by Gasteiger charge is -2.29. The summed E-state index contributed by atoms with van der Waals surface area (Å²) in [6.45, 7) is 8.46. The van der Waals surface area contributed by atoms with Crippen LogP contribution in [0.15, 0.2) is 55.5 Å². The van der Waals surface area contributed by atoms with Gasteiger partial charge in [0.25, 0.3) is 11.8 Å². The quantitative estimate of drug-likeness (QED) is 0.656. The van der Waals surface area contributed by atoms with E-state index in [1.54, 1.807) is 12.4 Å². The molecule has 1 N–H and O–H groups in total. The number of rotatable bonds is 3. The SMILES string of the molecule is C=CC(=O)n1cc(-c2ccc3c(c2)N(c2nc4c(s2)C(=O)NC(=C)C4)CCO3)cn1. The van der Waals surface area contributed by atoms with E-state index in [-0.39, 0.29) is 11.8 Å². The van der Waals surface area contributed by atoms with Crippen LogP contribution in [0.25, 0.3) is 11.1 Å². The number of hydrogen-bond donors (Lipinski definition) is 1. The number of amides is 1. The van der Waals surface area contributed by atoms with Gasteiger partial charge in [-0.1, -0.05) is 30.6 Å². The molecule has 2 aromatic heterocycles. The molecule has 0 saturated carbocycles. The largest absolute Gasteiger partial charge is 0.490 e. The summed E-state index contributed by atoms with van der Waals surface area (Å²) in [6.07, 6.45) is 5.05. The van der Waals surface area contributed by atoms with Crippen LogP contribution in [0, 0.1) is 0 Å². The number of thiazole rings is 1. The van der Waals surface area contributed by atoms with Gasteiger partial charge in [0.2, 0.25) is 0 Å². The first-order valence-electron chi connectivity index (χ1n) is 9.28. The van der Waals surface area contributed by atoms with Gasteiger partial charge in [-0.25, -0.2) is 9.67 Å². The van der Waals surface area contributed by atoms with E-state index in [9.17, 15) is 9.59 Å². The lowest BCUT2D eigenvalue weighted by atomic mass is 10.1. The third-order valence-electron chi connectivity index (χ3n) is 4.93. The maximum absolute atomic E-state index is 12.3. The summed E-state index contributed by atoms with van der Waals surface area (Å²) in [7, 11) is 0. The van der Waals surface area contributed by atoms with Crippen molar-refractivity contribution in [2.24, 2.45) is 0 Å². The molecule has 8 nitrogen and oxygen atoms in total. The lowest BCUT2D eigenvalue weighted by Crippen LogP contribution is -2.28. The van der Waals surface area contributed by atoms with E-state index in [1.807, 2.05) is 18.2 Å². The maximum atomic E-state index is 12.3. The van der Waals surface area contributed by atoms with Gasteiger partial charge < -0.3 is 15.0 Å². The van der Waals surface area contributed by atoms with Crippen molar-refractivity contribution < 1.29 is 14.3 Å². The summed E-state index contributed by atoms with van der Waals surface area (Å²) < 4.78 is 7.07. The summed E-state index contributed by atoms with van der Waals surface area (Å²) in [5, 5.41) is 7.61. The first-order valence-corrected chi connectivity index (χ1v) is 10.1. The minimum Gasteiger partial charge on any atom is -0.490 e. The molecule has 0 unspecified atom stereocenters. The highest BCUT2D eigenvalue weighted by Gasteiger charge is 2.29. The Kier molecular flexibility index (Phi) is 4.25. The smallest absolute Gasteiger partial charge is 0.270 e. The van der Waals surface area contributed by atoms with Crippen LogP contribution in [0.1, 0.15) is 20.2 Å². The average Bonchev–Trinajstić information content (AvgIpc) is 3.40. The number of carbonyl (C=O) groups is 2. The number of nitrogens with one attached hydrogen (secondary N) is 1. The monoisotopic (exact) mass is 419 g/mol. The molecule has 4 heterocycles. The Bertz CT molecular complexity index is 1230. The van der Waals surface area contributed by atoms with Crippen molar-refractivity contribution in [2.45, 2.75) is 6.42 Å². The number of ether oxygens (including phenoxy) is 1. The third kappa shape index (κ3) is 3.00. The minimum atomic E-state index is -0.294. The van der Waals surface area contributed by atoms with Crippen molar-refractivity contribution in [1.29, 1.82) is 0 Å². The van der Waals surface area contributed by atoms with Gasteiger partial charge in [-0.3, -0.25) is 9.59 Å². The number of aromatic nitrogens is 3. The van der Waals surface area contributed by atoms with Gasteiger partial charge >= 0.3 is 0 Å². The molecule has 0 atom stereocenters.